The third kappa shape index (κ3) is 2.93. The van der Waals surface area contributed by atoms with E-state index >= 15 is 0 Å². The summed E-state index contributed by atoms with van der Waals surface area (Å²) in [5.74, 6) is -0.884. The number of carbonyl (C=O) groups excluding carboxylic acids is 2. The van der Waals surface area contributed by atoms with Crippen LogP contribution >= 0.6 is 0 Å². The second-order valence-electron chi connectivity index (χ2n) is 4.58. The van der Waals surface area contributed by atoms with Gasteiger partial charge in [-0.15, -0.1) is 0 Å². The number of ether oxygens (including phenoxy) is 1. The highest BCUT2D eigenvalue weighted by Gasteiger charge is 2.26. The Morgan fingerprint density at radius 2 is 1.85 bits per heavy atom. The molecule has 5 nitrogen and oxygen atoms in total. The maximum absolute atomic E-state index is 12.5. The summed E-state index contributed by atoms with van der Waals surface area (Å²) >= 11 is 0. The van der Waals surface area contributed by atoms with Gasteiger partial charge in [0.05, 0.1) is 5.69 Å². The lowest BCUT2D eigenvalue weighted by Crippen LogP contribution is -2.26. The summed E-state index contributed by atoms with van der Waals surface area (Å²) in [4.78, 5) is 23.8. The quantitative estimate of drug-likeness (QED) is 0.805. The molecule has 0 aliphatic heterocycles. The molecular formula is C15H16N2O3. The van der Waals surface area contributed by atoms with Gasteiger partial charge < -0.3 is 4.74 Å². The maximum atomic E-state index is 12.5. The van der Waals surface area contributed by atoms with Crippen LogP contribution in [0.1, 0.15) is 34.8 Å². The van der Waals surface area contributed by atoms with Gasteiger partial charge in [0.1, 0.15) is 0 Å². The van der Waals surface area contributed by atoms with Crippen molar-refractivity contribution in [3.63, 3.8) is 0 Å². The van der Waals surface area contributed by atoms with Crippen LogP contribution in [0.2, 0.25) is 0 Å². The van der Waals surface area contributed by atoms with E-state index in [9.17, 15) is 9.59 Å². The van der Waals surface area contributed by atoms with Gasteiger partial charge in [-0.05, 0) is 19.9 Å². The van der Waals surface area contributed by atoms with Gasteiger partial charge >= 0.3 is 5.97 Å². The lowest BCUT2D eigenvalue weighted by atomic mass is 10.1. The highest BCUT2D eigenvalue weighted by atomic mass is 16.5. The van der Waals surface area contributed by atoms with Crippen LogP contribution in [0.25, 0.3) is 0 Å². The van der Waals surface area contributed by atoms with Crippen molar-refractivity contribution in [1.29, 1.82) is 0 Å². The van der Waals surface area contributed by atoms with E-state index in [-0.39, 0.29) is 5.91 Å². The topological polar surface area (TPSA) is 61.2 Å². The predicted octanol–water partition coefficient (Wildman–Crippen LogP) is 2.44. The van der Waals surface area contributed by atoms with Crippen LogP contribution in [0, 0.1) is 13.8 Å². The van der Waals surface area contributed by atoms with Crippen molar-refractivity contribution in [3.05, 3.63) is 53.3 Å². The second-order valence-corrected chi connectivity index (χ2v) is 4.58. The largest absolute Gasteiger partial charge is 0.447 e. The first-order valence-electron chi connectivity index (χ1n) is 6.28. The van der Waals surface area contributed by atoms with Crippen LogP contribution in [-0.2, 0) is 9.53 Å². The van der Waals surface area contributed by atoms with Crippen molar-refractivity contribution >= 4 is 11.9 Å². The molecule has 1 aromatic heterocycles. The minimum absolute atomic E-state index is 0.378. The molecule has 104 valence electrons. The molecule has 0 saturated carbocycles. The third-order valence-corrected chi connectivity index (χ3v) is 2.83. The Labute approximate surface area is 117 Å². The Morgan fingerprint density at radius 3 is 2.35 bits per heavy atom. The summed E-state index contributed by atoms with van der Waals surface area (Å²) in [5.41, 5.74) is 2.08. The van der Waals surface area contributed by atoms with E-state index in [1.54, 1.807) is 44.2 Å². The van der Waals surface area contributed by atoms with Crippen molar-refractivity contribution in [1.82, 2.24) is 9.78 Å². The van der Waals surface area contributed by atoms with Crippen molar-refractivity contribution < 1.29 is 14.3 Å². The van der Waals surface area contributed by atoms with Crippen LogP contribution in [0.3, 0.4) is 0 Å². The number of aryl methyl sites for hydroxylation is 2. The molecule has 0 bridgehead atoms. The van der Waals surface area contributed by atoms with Crippen LogP contribution in [0.5, 0.6) is 0 Å². The number of carbonyl (C=O) groups is 2. The van der Waals surface area contributed by atoms with Gasteiger partial charge in [0.2, 0.25) is 6.10 Å². The molecule has 0 spiro atoms. The molecule has 0 N–H and O–H groups in total. The molecule has 0 aliphatic carbocycles. The fraction of sp³-hybridized carbons (Fsp3) is 0.267. The Kier molecular flexibility index (Phi) is 3.98. The standard InChI is InChI=1S/C15H16N2O3/c1-10-9-11(2)17(16-10)15(19)14(20-12(3)18)13-7-5-4-6-8-13/h4-9,14H,1-3H3/t14-/m0/s1. The fourth-order valence-corrected chi connectivity index (χ4v) is 2.02. The lowest BCUT2D eigenvalue weighted by molar-refractivity contribution is -0.144. The fourth-order valence-electron chi connectivity index (χ4n) is 2.02. The molecule has 2 rings (SSSR count). The molecule has 0 radical (unpaired) electrons. The summed E-state index contributed by atoms with van der Waals surface area (Å²) < 4.78 is 6.44. The molecule has 0 saturated heterocycles. The van der Waals surface area contributed by atoms with Gasteiger partial charge in [-0.2, -0.15) is 5.10 Å². The molecular weight excluding hydrogens is 256 g/mol. The summed E-state index contributed by atoms with van der Waals surface area (Å²) in [5, 5.41) is 4.14. The Morgan fingerprint density at radius 1 is 1.20 bits per heavy atom. The molecule has 2 aromatic rings. The van der Waals surface area contributed by atoms with E-state index in [4.69, 9.17) is 4.74 Å². The van der Waals surface area contributed by atoms with Gasteiger partial charge in [-0.25, -0.2) is 4.68 Å². The first-order chi connectivity index (χ1) is 9.49. The van der Waals surface area contributed by atoms with Crippen molar-refractivity contribution in [2.75, 3.05) is 0 Å². The lowest BCUT2D eigenvalue weighted by Gasteiger charge is -2.16. The van der Waals surface area contributed by atoms with Crippen LogP contribution in [0.4, 0.5) is 0 Å². The van der Waals surface area contributed by atoms with Gasteiger partial charge in [-0.3, -0.25) is 9.59 Å². The zero-order valence-electron chi connectivity index (χ0n) is 11.7. The van der Waals surface area contributed by atoms with Gasteiger partial charge in [0.15, 0.2) is 0 Å². The van der Waals surface area contributed by atoms with E-state index in [2.05, 4.69) is 5.10 Å². The van der Waals surface area contributed by atoms with E-state index in [1.807, 2.05) is 6.07 Å². The number of hydrogen-bond donors (Lipinski definition) is 0. The molecule has 1 atom stereocenters. The van der Waals surface area contributed by atoms with Crippen LogP contribution in [-0.4, -0.2) is 21.7 Å². The Hall–Kier alpha value is -2.43. The van der Waals surface area contributed by atoms with Gasteiger partial charge in [0, 0.05) is 18.2 Å². The molecule has 1 aromatic carbocycles. The molecule has 0 amide bonds. The molecule has 1 heterocycles. The van der Waals surface area contributed by atoms with Crippen molar-refractivity contribution in [3.8, 4) is 0 Å². The van der Waals surface area contributed by atoms with Crippen LogP contribution in [0.15, 0.2) is 36.4 Å². The van der Waals surface area contributed by atoms with Gasteiger partial charge in [0.25, 0.3) is 5.91 Å². The zero-order chi connectivity index (χ0) is 14.7. The number of esters is 1. The number of benzene rings is 1. The third-order valence-electron chi connectivity index (χ3n) is 2.83. The summed E-state index contributed by atoms with van der Waals surface area (Å²) in [7, 11) is 0. The average Bonchev–Trinajstić information content (AvgIpc) is 2.75. The number of nitrogens with zero attached hydrogens (tertiary/aromatic N) is 2. The maximum Gasteiger partial charge on any atom is 0.303 e. The minimum atomic E-state index is -0.980. The smallest absolute Gasteiger partial charge is 0.303 e. The highest BCUT2D eigenvalue weighted by molar-refractivity contribution is 5.86. The molecule has 0 aliphatic rings. The molecule has 20 heavy (non-hydrogen) atoms. The highest BCUT2D eigenvalue weighted by Crippen LogP contribution is 2.20. The van der Waals surface area contributed by atoms with Crippen LogP contribution < -0.4 is 0 Å². The summed E-state index contributed by atoms with van der Waals surface area (Å²) in [6, 6.07) is 10.7. The number of aromatic nitrogens is 2. The number of hydrogen-bond acceptors (Lipinski definition) is 4. The summed E-state index contributed by atoms with van der Waals surface area (Å²) in [6.45, 7) is 4.87. The minimum Gasteiger partial charge on any atom is -0.447 e. The van der Waals surface area contributed by atoms with E-state index in [1.165, 1.54) is 11.6 Å². The predicted molar refractivity (Wildman–Crippen MR) is 73.3 cm³/mol. The SMILES string of the molecule is CC(=O)O[C@H](C(=O)n1nc(C)cc1C)c1ccccc1. The van der Waals surface area contributed by atoms with E-state index in [0.29, 0.717) is 11.3 Å². The first kappa shape index (κ1) is 14.0. The van der Waals surface area contributed by atoms with Gasteiger partial charge in [-0.1, -0.05) is 30.3 Å². The molecule has 0 unspecified atom stereocenters. The molecule has 5 heteroatoms. The Balaban J connectivity index is 2.39. The van der Waals surface area contributed by atoms with Crippen molar-refractivity contribution in [2.24, 2.45) is 0 Å². The second kappa shape index (κ2) is 5.69. The Bertz CT molecular complexity index is 632. The summed E-state index contributed by atoms with van der Waals surface area (Å²) in [6.07, 6.45) is -0.980. The van der Waals surface area contributed by atoms with E-state index in [0.717, 1.165) is 5.69 Å². The first-order valence-corrected chi connectivity index (χ1v) is 6.28. The monoisotopic (exact) mass is 272 g/mol. The normalized spacial score (nSPS) is 11.9. The average molecular weight is 272 g/mol. The molecule has 0 fully saturated rings. The van der Waals surface area contributed by atoms with E-state index < -0.39 is 12.1 Å². The zero-order valence-corrected chi connectivity index (χ0v) is 11.7. The van der Waals surface area contributed by atoms with Crippen molar-refractivity contribution in [2.45, 2.75) is 26.9 Å². The number of rotatable bonds is 3.